The number of halogens is 1. The van der Waals surface area contributed by atoms with Crippen LogP contribution < -0.4 is 44.1 Å². The summed E-state index contributed by atoms with van der Waals surface area (Å²) in [6, 6.07) is 11.3. The van der Waals surface area contributed by atoms with E-state index in [0.29, 0.717) is 30.0 Å². The molecule has 41 heavy (non-hydrogen) atoms. The molecule has 1 aliphatic carbocycles. The zero-order valence-electron chi connectivity index (χ0n) is 24.9. The molecule has 3 heterocycles. The predicted molar refractivity (Wildman–Crippen MR) is 150 cm³/mol. The van der Waals surface area contributed by atoms with Gasteiger partial charge in [0.15, 0.2) is 0 Å². The van der Waals surface area contributed by atoms with Crippen molar-refractivity contribution >= 4 is 5.97 Å². The molecule has 3 aromatic rings. The van der Waals surface area contributed by atoms with E-state index in [1.54, 1.807) is 13.0 Å². The molecule has 0 spiro atoms. The number of hydrogen-bond acceptors (Lipinski definition) is 7. The summed E-state index contributed by atoms with van der Waals surface area (Å²) < 4.78 is 26.5. The Morgan fingerprint density at radius 3 is 2.51 bits per heavy atom. The van der Waals surface area contributed by atoms with E-state index in [-0.39, 0.29) is 35.7 Å². The van der Waals surface area contributed by atoms with E-state index in [1.165, 1.54) is 32.6 Å². The summed E-state index contributed by atoms with van der Waals surface area (Å²) in [5.41, 5.74) is 4.62. The summed E-state index contributed by atoms with van der Waals surface area (Å²) in [4.78, 5) is 22.4. The smallest absolute Gasteiger partial charge is 0.550 e. The van der Waals surface area contributed by atoms with Crippen LogP contribution in [-0.2, 0) is 24.2 Å². The maximum atomic E-state index is 14.8. The van der Waals surface area contributed by atoms with Crippen LogP contribution in [0.3, 0.4) is 0 Å². The third-order valence-corrected chi connectivity index (χ3v) is 7.30. The molecule has 0 saturated heterocycles. The Kier molecular flexibility index (Phi) is 12.6. The number of carboxylic acid groups (broad SMARTS) is 1. The first-order chi connectivity index (χ1) is 19.3. The minimum absolute atomic E-state index is 0. The van der Waals surface area contributed by atoms with E-state index in [2.05, 4.69) is 23.7 Å². The van der Waals surface area contributed by atoms with E-state index >= 15 is 0 Å². The standard InChI is InChI=1S/C29H34FN3O4.C3H6.Na/c1-5-33(6-2)17-25-21(22-15-28(36-4)31-16-23(22)30)10-11-24(32-25)26-12-9-20-8-7-19(14-27(20)37-26)13-18(3)29(34)35;1-2-3-1;/h7-8,10-11,14-16,18,26H,5-6,9,12-13,17H2,1-4H3,(H,34,35);1-3H2;/q;;+1/p-1. The SMILES string of the molecule is C1CC1.CCN(CC)Cc1nc(C2CCc3ccc(CC(C)C(=O)[O-])cc3O2)ccc1-c1cc(OC)ncc1F.[Na+]. The molecule has 0 radical (unpaired) electrons. The number of carbonyl (C=O) groups is 1. The van der Waals surface area contributed by atoms with Gasteiger partial charge < -0.3 is 19.4 Å². The van der Waals surface area contributed by atoms with Gasteiger partial charge in [-0.1, -0.05) is 58.2 Å². The van der Waals surface area contributed by atoms with Crippen LogP contribution in [-0.4, -0.2) is 41.0 Å². The number of carbonyl (C=O) groups excluding carboxylic acids is 1. The molecule has 0 amide bonds. The largest absolute Gasteiger partial charge is 1.00 e. The molecule has 5 rings (SSSR count). The Morgan fingerprint density at radius 1 is 1.15 bits per heavy atom. The van der Waals surface area contributed by atoms with Gasteiger partial charge >= 0.3 is 29.6 Å². The van der Waals surface area contributed by atoms with Crippen molar-refractivity contribution in [2.45, 2.75) is 71.9 Å². The number of benzene rings is 1. The van der Waals surface area contributed by atoms with Crippen molar-refractivity contribution in [2.24, 2.45) is 5.92 Å². The van der Waals surface area contributed by atoms with Gasteiger partial charge in [-0.3, -0.25) is 9.88 Å². The summed E-state index contributed by atoms with van der Waals surface area (Å²) in [5, 5.41) is 11.2. The molecule has 9 heteroatoms. The number of rotatable bonds is 10. The van der Waals surface area contributed by atoms with Gasteiger partial charge in [-0.2, -0.15) is 0 Å². The van der Waals surface area contributed by atoms with Crippen LogP contribution in [0.15, 0.2) is 42.6 Å². The number of carboxylic acids is 1. The van der Waals surface area contributed by atoms with Gasteiger partial charge in [-0.15, -0.1) is 0 Å². The molecule has 2 aromatic heterocycles. The number of pyridine rings is 2. The number of aryl methyl sites for hydroxylation is 1. The first-order valence-corrected chi connectivity index (χ1v) is 14.2. The first-order valence-electron chi connectivity index (χ1n) is 14.2. The number of aliphatic carboxylic acids is 1. The van der Waals surface area contributed by atoms with Crippen LogP contribution in [0, 0.1) is 11.7 Å². The molecule has 0 bridgehead atoms. The molecule has 1 fully saturated rings. The van der Waals surface area contributed by atoms with E-state index < -0.39 is 17.7 Å². The second-order valence-electron chi connectivity index (χ2n) is 10.5. The quantitative estimate of drug-likeness (QED) is 0.345. The fourth-order valence-corrected chi connectivity index (χ4v) is 4.65. The summed E-state index contributed by atoms with van der Waals surface area (Å²) in [5.74, 6) is -0.991. The summed E-state index contributed by atoms with van der Waals surface area (Å²) >= 11 is 0. The van der Waals surface area contributed by atoms with Crippen LogP contribution >= 0.6 is 0 Å². The normalized spacial score (nSPS) is 15.9. The van der Waals surface area contributed by atoms with Gasteiger partial charge in [0, 0.05) is 29.7 Å². The van der Waals surface area contributed by atoms with Crippen molar-refractivity contribution in [3.63, 3.8) is 0 Å². The monoisotopic (exact) mass is 571 g/mol. The number of hydrogen-bond donors (Lipinski definition) is 0. The predicted octanol–water partition coefficient (Wildman–Crippen LogP) is 2.30. The zero-order chi connectivity index (χ0) is 28.6. The fraction of sp³-hybridized carbons (Fsp3) is 0.469. The van der Waals surface area contributed by atoms with Crippen molar-refractivity contribution in [1.29, 1.82) is 0 Å². The molecular weight excluding hydrogens is 532 g/mol. The fourth-order valence-electron chi connectivity index (χ4n) is 4.65. The minimum atomic E-state index is -1.07. The van der Waals surface area contributed by atoms with Crippen molar-refractivity contribution in [3.8, 4) is 22.8 Å². The molecule has 1 saturated carbocycles. The Bertz CT molecular complexity index is 1310. The second-order valence-corrected chi connectivity index (χ2v) is 10.5. The van der Waals surface area contributed by atoms with Gasteiger partial charge in [0.1, 0.15) is 17.7 Å². The number of aromatic nitrogens is 2. The topological polar surface area (TPSA) is 87.6 Å². The van der Waals surface area contributed by atoms with E-state index in [1.807, 2.05) is 30.3 Å². The maximum absolute atomic E-state index is 14.8. The van der Waals surface area contributed by atoms with Gasteiger partial charge in [0.05, 0.1) is 24.7 Å². The van der Waals surface area contributed by atoms with Gasteiger partial charge in [0.2, 0.25) is 5.88 Å². The van der Waals surface area contributed by atoms with Crippen molar-refractivity contribution in [1.82, 2.24) is 14.9 Å². The summed E-state index contributed by atoms with van der Waals surface area (Å²) in [6.07, 6.45) is 7.37. The molecule has 1 aromatic carbocycles. The van der Waals surface area contributed by atoms with Gasteiger partial charge in [-0.25, -0.2) is 9.37 Å². The number of ether oxygens (including phenoxy) is 2. The maximum Gasteiger partial charge on any atom is 1.00 e. The molecule has 2 atom stereocenters. The molecule has 214 valence electrons. The van der Waals surface area contributed by atoms with Gasteiger partial charge in [-0.05, 0) is 61.5 Å². The van der Waals surface area contributed by atoms with E-state index in [0.717, 1.165) is 54.2 Å². The van der Waals surface area contributed by atoms with Crippen LogP contribution in [0.25, 0.3) is 11.1 Å². The minimum Gasteiger partial charge on any atom is -0.550 e. The Morgan fingerprint density at radius 2 is 1.88 bits per heavy atom. The Labute approximate surface area is 264 Å². The van der Waals surface area contributed by atoms with Crippen molar-refractivity contribution in [2.75, 3.05) is 20.2 Å². The zero-order valence-corrected chi connectivity index (χ0v) is 26.9. The second kappa shape index (κ2) is 15.6. The first kappa shape index (κ1) is 33.0. The number of methoxy groups -OCH3 is 1. The average Bonchev–Trinajstić information content (AvgIpc) is 3.86. The third-order valence-electron chi connectivity index (χ3n) is 7.30. The van der Waals surface area contributed by atoms with Crippen LogP contribution in [0.4, 0.5) is 4.39 Å². The van der Waals surface area contributed by atoms with Crippen LogP contribution in [0.2, 0.25) is 0 Å². The number of fused-ring (bicyclic) bond motifs is 1. The Hall–Kier alpha value is -2.52. The van der Waals surface area contributed by atoms with Crippen LogP contribution in [0.5, 0.6) is 11.6 Å². The van der Waals surface area contributed by atoms with E-state index in [9.17, 15) is 14.3 Å². The average molecular weight is 572 g/mol. The number of nitrogens with zero attached hydrogens (tertiary/aromatic N) is 3. The van der Waals surface area contributed by atoms with Crippen molar-refractivity contribution < 1.29 is 53.3 Å². The van der Waals surface area contributed by atoms with Gasteiger partial charge in [0.25, 0.3) is 0 Å². The van der Waals surface area contributed by atoms with Crippen LogP contribution in [0.1, 0.15) is 75.1 Å². The molecule has 2 unspecified atom stereocenters. The molecule has 1 aliphatic heterocycles. The molecule has 0 N–H and O–H groups in total. The molecule has 7 nitrogen and oxygen atoms in total. The molecular formula is C32H39FN3NaO4. The molecule has 2 aliphatic rings. The summed E-state index contributed by atoms with van der Waals surface area (Å²) in [7, 11) is 1.51. The third kappa shape index (κ3) is 8.98. The van der Waals surface area contributed by atoms with E-state index in [4.69, 9.17) is 14.5 Å². The van der Waals surface area contributed by atoms with Crippen molar-refractivity contribution in [3.05, 3.63) is 70.9 Å². The summed E-state index contributed by atoms with van der Waals surface area (Å²) in [6.45, 7) is 8.05. The Balaban J connectivity index is 0.00000108.